The van der Waals surface area contributed by atoms with Crippen LogP contribution in [0.25, 0.3) is 0 Å². The normalized spacial score (nSPS) is 14.6. The Morgan fingerprint density at radius 1 is 0.393 bits per heavy atom. The average molecular weight is 1250 g/mol. The lowest BCUT2D eigenvalue weighted by Gasteiger charge is -2.25. The number of aliphatic hydroxyl groups is 1. The number of rotatable bonds is 65. The fraction of sp³-hybridized carbons (Fsp3) is 0.662. The van der Waals surface area contributed by atoms with Crippen LogP contribution in [0.3, 0.4) is 0 Å². The van der Waals surface area contributed by atoms with E-state index in [1.54, 1.807) is 6.08 Å². The first-order valence-corrected chi connectivity index (χ1v) is 37.9. The van der Waals surface area contributed by atoms with Gasteiger partial charge in [-0.3, -0.25) is 13.8 Å². The smallest absolute Gasteiger partial charge is 0.387 e. The average Bonchev–Trinajstić information content (AvgIpc) is 3.61. The number of unbranched alkanes of at least 4 members (excludes halogenated alkanes) is 28. The maximum Gasteiger partial charge on any atom is 0.472 e. The molecule has 0 bridgehead atoms. The number of phosphoric ester groups is 1. The third-order valence-electron chi connectivity index (χ3n) is 15.5. The van der Waals surface area contributed by atoms with Crippen molar-refractivity contribution < 1.29 is 32.9 Å². The number of phosphoric acid groups is 1. The topological polar surface area (TPSA) is 105 Å². The molecule has 0 heterocycles. The number of likely N-dealkylation sites (N-methyl/N-ethyl adjacent to an activating group) is 1. The standard InChI is InChI=1S/C80H137N2O6P/c1-6-8-10-12-14-16-18-20-22-24-26-28-30-32-34-35-36-37-38-39-40-41-42-43-44-45-46-47-48-50-52-54-56-58-60-62-64-66-68-70-72-74-80(84)81-78(77-88-89(85,86)87-76-75-82(3,4)5)79(83)73-71-69-67-65-63-61-59-57-55-53-51-49-33-31-29-27-25-23-21-19-17-15-13-11-9-7-2/h8,10,14,16,20,22,26,28,32,34,36-37,39-40,42-43,45-46,48,50,55,57,63,65,71,73,78-79,83H,6-7,9,11-13,15,17-19,21,23-25,27,29-31,33,35,38,41,44,47,49,51-54,56,58-62,64,66-70,72,74-77H2,1-5H3,(H-,81,84,85,86)/p+1/b10-8-,16-14-,22-20-,28-26-,34-32-,37-36-,40-39-,43-42-,46-45-,50-48-,57-55+,65-63+,73-71+. The van der Waals surface area contributed by atoms with Crippen LogP contribution in [0.5, 0.6) is 0 Å². The highest BCUT2D eigenvalue weighted by Gasteiger charge is 2.28. The fourth-order valence-electron chi connectivity index (χ4n) is 9.87. The molecule has 3 N–H and O–H groups in total. The van der Waals surface area contributed by atoms with Gasteiger partial charge in [-0.05, 0) is 122 Å². The number of nitrogens with one attached hydrogen (secondary N) is 1. The minimum atomic E-state index is -4.38. The Kier molecular flexibility index (Phi) is 65.5. The molecule has 508 valence electrons. The molecule has 1 amide bonds. The second kappa shape index (κ2) is 68.5. The van der Waals surface area contributed by atoms with E-state index >= 15 is 0 Å². The van der Waals surface area contributed by atoms with Crippen molar-refractivity contribution in [3.63, 3.8) is 0 Å². The quantitative estimate of drug-likeness (QED) is 0.0243. The van der Waals surface area contributed by atoms with Gasteiger partial charge in [0.2, 0.25) is 5.91 Å². The largest absolute Gasteiger partial charge is 0.472 e. The monoisotopic (exact) mass is 1250 g/mol. The molecule has 0 rings (SSSR count). The minimum Gasteiger partial charge on any atom is -0.387 e. The highest BCUT2D eigenvalue weighted by molar-refractivity contribution is 7.47. The van der Waals surface area contributed by atoms with Crippen molar-refractivity contribution in [3.05, 3.63) is 158 Å². The van der Waals surface area contributed by atoms with Crippen LogP contribution < -0.4 is 5.32 Å². The molecule has 8 nitrogen and oxygen atoms in total. The molecule has 0 aliphatic heterocycles. The maximum absolute atomic E-state index is 13.1. The Labute approximate surface area is 550 Å². The predicted molar refractivity (Wildman–Crippen MR) is 391 cm³/mol. The number of carbonyl (C=O) groups is 1. The van der Waals surface area contributed by atoms with Crippen molar-refractivity contribution in [2.24, 2.45) is 0 Å². The number of amides is 1. The van der Waals surface area contributed by atoms with Crippen molar-refractivity contribution in [2.75, 3.05) is 40.9 Å². The molecular formula is C80H138N2O6P+. The molecular weight excluding hydrogens is 1120 g/mol. The van der Waals surface area contributed by atoms with Crippen molar-refractivity contribution in [1.82, 2.24) is 5.32 Å². The molecule has 0 aromatic heterocycles. The van der Waals surface area contributed by atoms with E-state index in [9.17, 15) is 19.4 Å². The molecule has 0 saturated carbocycles. The van der Waals surface area contributed by atoms with E-state index in [0.29, 0.717) is 17.4 Å². The summed E-state index contributed by atoms with van der Waals surface area (Å²) >= 11 is 0. The molecule has 3 atom stereocenters. The van der Waals surface area contributed by atoms with E-state index in [4.69, 9.17) is 9.05 Å². The Hall–Kier alpha value is -3.88. The third-order valence-corrected chi connectivity index (χ3v) is 16.4. The maximum atomic E-state index is 13.1. The molecule has 0 saturated heterocycles. The SMILES string of the molecule is CC/C=C\C/C=C\C/C=C\C/C=C\C/C=C\C/C=C\C/C=C\C/C=C\C/C=C\C/C=C\CCCCCCCCCCCCC(=O)NC(COP(=O)(O)OCC[N+](C)(C)C)C(O)/C=C/CC/C=C/CC/C=C/CCCCCCCCCCCCCCCCCC. The van der Waals surface area contributed by atoms with Gasteiger partial charge < -0.3 is 19.8 Å². The van der Waals surface area contributed by atoms with Crippen LogP contribution in [0, 0.1) is 0 Å². The van der Waals surface area contributed by atoms with Crippen molar-refractivity contribution in [1.29, 1.82) is 0 Å². The summed E-state index contributed by atoms with van der Waals surface area (Å²) in [5.41, 5.74) is 0. The zero-order chi connectivity index (χ0) is 64.8. The molecule has 9 heteroatoms. The minimum absolute atomic E-state index is 0.0455. The lowest BCUT2D eigenvalue weighted by Crippen LogP contribution is -2.45. The van der Waals surface area contributed by atoms with Crippen LogP contribution in [0.2, 0.25) is 0 Å². The van der Waals surface area contributed by atoms with E-state index < -0.39 is 20.0 Å². The molecule has 0 radical (unpaired) electrons. The Morgan fingerprint density at radius 2 is 0.685 bits per heavy atom. The molecule has 0 aromatic rings. The number of allylic oxidation sites excluding steroid dienone is 25. The van der Waals surface area contributed by atoms with Gasteiger partial charge in [0.15, 0.2) is 0 Å². The van der Waals surface area contributed by atoms with Crippen LogP contribution in [-0.2, 0) is 18.4 Å². The summed E-state index contributed by atoms with van der Waals surface area (Å²) in [6, 6.07) is -0.885. The summed E-state index contributed by atoms with van der Waals surface area (Å²) in [7, 11) is 1.53. The summed E-state index contributed by atoms with van der Waals surface area (Å²) in [4.78, 5) is 23.4. The fourth-order valence-corrected chi connectivity index (χ4v) is 10.6. The van der Waals surface area contributed by atoms with Crippen LogP contribution in [0.15, 0.2) is 158 Å². The van der Waals surface area contributed by atoms with Gasteiger partial charge in [0, 0.05) is 6.42 Å². The summed E-state index contributed by atoms with van der Waals surface area (Å²) in [6.07, 6.45) is 107. The number of hydrogen-bond donors (Lipinski definition) is 3. The van der Waals surface area contributed by atoms with Crippen LogP contribution in [-0.4, -0.2) is 73.4 Å². The second-order valence-electron chi connectivity index (χ2n) is 25.2. The highest BCUT2D eigenvalue weighted by Crippen LogP contribution is 2.43. The van der Waals surface area contributed by atoms with Gasteiger partial charge in [-0.2, -0.15) is 0 Å². The first kappa shape index (κ1) is 85.1. The molecule has 0 fully saturated rings. The predicted octanol–water partition coefficient (Wildman–Crippen LogP) is 23.7. The highest BCUT2D eigenvalue weighted by atomic mass is 31.2. The Balaban J connectivity index is 4.17. The van der Waals surface area contributed by atoms with Gasteiger partial charge in [-0.25, -0.2) is 4.57 Å². The lowest BCUT2D eigenvalue weighted by molar-refractivity contribution is -0.870. The van der Waals surface area contributed by atoms with E-state index in [2.05, 4.69) is 165 Å². The van der Waals surface area contributed by atoms with Gasteiger partial charge in [-0.15, -0.1) is 0 Å². The Morgan fingerprint density at radius 3 is 1.03 bits per heavy atom. The first-order chi connectivity index (χ1) is 43.5. The van der Waals surface area contributed by atoms with Gasteiger partial charge in [-0.1, -0.05) is 320 Å². The van der Waals surface area contributed by atoms with E-state index in [1.165, 1.54) is 154 Å². The van der Waals surface area contributed by atoms with Gasteiger partial charge in [0.05, 0.1) is 39.9 Å². The van der Waals surface area contributed by atoms with E-state index in [1.807, 2.05) is 27.2 Å². The molecule has 0 aliphatic carbocycles. The summed E-state index contributed by atoms with van der Waals surface area (Å²) in [5.74, 6) is -0.200. The Bertz CT molecular complexity index is 2010. The number of aliphatic hydroxyl groups excluding tert-OH is 1. The number of quaternary nitrogens is 1. The molecule has 0 spiro atoms. The number of carbonyl (C=O) groups excluding carboxylic acids is 1. The van der Waals surface area contributed by atoms with Crippen LogP contribution in [0.1, 0.15) is 290 Å². The summed E-state index contributed by atoms with van der Waals surface area (Å²) in [5, 5.41) is 14.0. The zero-order valence-electron chi connectivity index (χ0n) is 58.1. The molecule has 3 unspecified atom stereocenters. The molecule has 89 heavy (non-hydrogen) atoms. The van der Waals surface area contributed by atoms with Gasteiger partial charge in [0.1, 0.15) is 13.2 Å². The zero-order valence-corrected chi connectivity index (χ0v) is 59.0. The molecule has 0 aromatic carbocycles. The van der Waals surface area contributed by atoms with Crippen molar-refractivity contribution >= 4 is 13.7 Å². The third kappa shape index (κ3) is 71.4. The van der Waals surface area contributed by atoms with Crippen molar-refractivity contribution in [3.8, 4) is 0 Å². The van der Waals surface area contributed by atoms with E-state index in [0.717, 1.165) is 116 Å². The summed E-state index contributed by atoms with van der Waals surface area (Å²) in [6.45, 7) is 4.68. The number of hydrogen-bond acceptors (Lipinski definition) is 5. The number of nitrogens with zero attached hydrogens (tertiary/aromatic N) is 1. The first-order valence-electron chi connectivity index (χ1n) is 36.4. The van der Waals surface area contributed by atoms with Crippen LogP contribution in [0.4, 0.5) is 0 Å². The van der Waals surface area contributed by atoms with Gasteiger partial charge >= 0.3 is 7.82 Å². The second-order valence-corrected chi connectivity index (χ2v) is 26.7. The van der Waals surface area contributed by atoms with Crippen molar-refractivity contribution in [2.45, 2.75) is 302 Å². The van der Waals surface area contributed by atoms with Gasteiger partial charge in [0.25, 0.3) is 0 Å². The van der Waals surface area contributed by atoms with Crippen LogP contribution >= 0.6 is 7.82 Å². The summed E-state index contributed by atoms with van der Waals surface area (Å²) < 4.78 is 23.8. The molecule has 0 aliphatic rings. The van der Waals surface area contributed by atoms with E-state index in [-0.39, 0.29) is 19.1 Å². The lowest BCUT2D eigenvalue weighted by atomic mass is 10.0.